The monoisotopic (exact) mass is 344 g/mol. The van der Waals surface area contributed by atoms with Crippen LogP contribution in [0.1, 0.15) is 17.4 Å². The summed E-state index contributed by atoms with van der Waals surface area (Å²) in [5.74, 6) is 0.121. The van der Waals surface area contributed by atoms with Gasteiger partial charge in [0.2, 0.25) is 5.91 Å². The summed E-state index contributed by atoms with van der Waals surface area (Å²) in [6.07, 6.45) is 4.60. The summed E-state index contributed by atoms with van der Waals surface area (Å²) in [7, 11) is 0. The van der Waals surface area contributed by atoms with E-state index >= 15 is 0 Å². The number of hydrogen-bond acceptors (Lipinski definition) is 4. The van der Waals surface area contributed by atoms with Crippen molar-refractivity contribution >= 4 is 12.0 Å². The van der Waals surface area contributed by atoms with Gasteiger partial charge in [-0.05, 0) is 35.9 Å². The maximum atomic E-state index is 13.6. The topological polar surface area (TPSA) is 54.7 Å². The van der Waals surface area contributed by atoms with Crippen molar-refractivity contribution in [2.75, 3.05) is 32.8 Å². The molecule has 25 heavy (non-hydrogen) atoms. The highest BCUT2D eigenvalue weighted by molar-refractivity contribution is 5.91. The molecule has 2 heterocycles. The van der Waals surface area contributed by atoms with Crippen molar-refractivity contribution in [1.82, 2.24) is 10.2 Å². The van der Waals surface area contributed by atoms with E-state index in [1.54, 1.807) is 30.5 Å². The minimum absolute atomic E-state index is 0.0967. The molecule has 3 rings (SSSR count). The Morgan fingerprint density at radius 2 is 2.12 bits per heavy atom. The SMILES string of the molecule is O=C(/C=C/c1ccco1)NC[C@H](c1cccc(F)c1)N1CCOCC1. The molecule has 5 nitrogen and oxygen atoms in total. The van der Waals surface area contributed by atoms with Gasteiger partial charge in [0, 0.05) is 25.7 Å². The van der Waals surface area contributed by atoms with Crippen molar-refractivity contribution in [2.24, 2.45) is 0 Å². The normalized spacial score (nSPS) is 16.8. The Bertz CT molecular complexity index is 709. The van der Waals surface area contributed by atoms with Gasteiger partial charge in [0.05, 0.1) is 25.5 Å². The van der Waals surface area contributed by atoms with Gasteiger partial charge in [0.1, 0.15) is 11.6 Å². The highest BCUT2D eigenvalue weighted by Gasteiger charge is 2.23. The molecule has 1 aliphatic rings. The molecule has 0 radical (unpaired) electrons. The fraction of sp³-hybridized carbons (Fsp3) is 0.316. The molecule has 0 aliphatic carbocycles. The zero-order valence-electron chi connectivity index (χ0n) is 13.9. The predicted octanol–water partition coefficient (Wildman–Crippen LogP) is 2.62. The van der Waals surface area contributed by atoms with E-state index in [4.69, 9.17) is 9.15 Å². The number of carbonyl (C=O) groups excluding carboxylic acids is 1. The van der Waals surface area contributed by atoms with E-state index in [1.165, 1.54) is 18.2 Å². The third-order valence-corrected chi connectivity index (χ3v) is 4.13. The third kappa shape index (κ3) is 5.01. The number of rotatable bonds is 6. The molecule has 2 aromatic rings. The van der Waals surface area contributed by atoms with Crippen LogP contribution in [0, 0.1) is 5.82 Å². The second-order valence-corrected chi connectivity index (χ2v) is 5.81. The molecule has 1 aromatic heterocycles. The smallest absolute Gasteiger partial charge is 0.244 e. The molecule has 1 fully saturated rings. The summed E-state index contributed by atoms with van der Waals surface area (Å²) >= 11 is 0. The van der Waals surface area contributed by atoms with E-state index in [0.29, 0.717) is 25.5 Å². The van der Waals surface area contributed by atoms with Gasteiger partial charge >= 0.3 is 0 Å². The highest BCUT2D eigenvalue weighted by atomic mass is 19.1. The lowest BCUT2D eigenvalue weighted by molar-refractivity contribution is -0.116. The molecule has 1 N–H and O–H groups in total. The number of carbonyl (C=O) groups is 1. The van der Waals surface area contributed by atoms with Crippen molar-refractivity contribution in [1.29, 1.82) is 0 Å². The van der Waals surface area contributed by atoms with Crippen LogP contribution in [0.4, 0.5) is 4.39 Å². The highest BCUT2D eigenvalue weighted by Crippen LogP contribution is 2.22. The molecule has 0 spiro atoms. The van der Waals surface area contributed by atoms with E-state index in [-0.39, 0.29) is 17.8 Å². The number of amides is 1. The van der Waals surface area contributed by atoms with Crippen LogP contribution in [0.2, 0.25) is 0 Å². The summed E-state index contributed by atoms with van der Waals surface area (Å²) in [5, 5.41) is 2.89. The maximum absolute atomic E-state index is 13.6. The lowest BCUT2D eigenvalue weighted by atomic mass is 10.0. The predicted molar refractivity (Wildman–Crippen MR) is 92.3 cm³/mol. The van der Waals surface area contributed by atoms with Gasteiger partial charge in [-0.2, -0.15) is 0 Å². The summed E-state index contributed by atoms with van der Waals surface area (Å²) < 4.78 is 24.2. The Morgan fingerprint density at radius 3 is 2.84 bits per heavy atom. The molecule has 0 saturated carbocycles. The first-order valence-electron chi connectivity index (χ1n) is 8.29. The molecule has 0 unspecified atom stereocenters. The lowest BCUT2D eigenvalue weighted by Gasteiger charge is -2.34. The largest absolute Gasteiger partial charge is 0.465 e. The number of halogens is 1. The Balaban J connectivity index is 1.65. The van der Waals surface area contributed by atoms with Crippen LogP contribution in [0.5, 0.6) is 0 Å². The first-order chi connectivity index (χ1) is 12.2. The average Bonchev–Trinajstić information content (AvgIpc) is 3.15. The minimum atomic E-state index is -0.278. The molecule has 6 heteroatoms. The molecular weight excluding hydrogens is 323 g/mol. The van der Waals surface area contributed by atoms with Gasteiger partial charge in [-0.3, -0.25) is 9.69 Å². The van der Waals surface area contributed by atoms with E-state index in [1.807, 2.05) is 6.07 Å². The first-order valence-corrected chi connectivity index (χ1v) is 8.29. The number of furan rings is 1. The zero-order chi connectivity index (χ0) is 17.5. The zero-order valence-corrected chi connectivity index (χ0v) is 13.9. The molecular formula is C19H21FN2O3. The van der Waals surface area contributed by atoms with E-state index in [2.05, 4.69) is 10.2 Å². The second kappa shape index (κ2) is 8.60. The molecule has 1 aromatic carbocycles. The number of morpholine rings is 1. The summed E-state index contributed by atoms with van der Waals surface area (Å²) in [6, 6.07) is 9.95. The molecule has 0 bridgehead atoms. The van der Waals surface area contributed by atoms with Gasteiger partial charge in [0.25, 0.3) is 0 Å². The number of nitrogens with zero attached hydrogens (tertiary/aromatic N) is 1. The molecule has 1 aliphatic heterocycles. The number of nitrogens with one attached hydrogen (secondary N) is 1. The Hall–Kier alpha value is -2.44. The van der Waals surface area contributed by atoms with Crippen molar-refractivity contribution in [3.05, 3.63) is 65.9 Å². The van der Waals surface area contributed by atoms with E-state index in [0.717, 1.165) is 18.7 Å². The summed E-state index contributed by atoms with van der Waals surface area (Å²) in [4.78, 5) is 14.3. The number of benzene rings is 1. The first kappa shape index (κ1) is 17.4. The standard InChI is InChI=1S/C19H21FN2O3/c20-16-4-1-3-15(13-16)18(22-8-11-24-12-9-22)14-21-19(23)7-6-17-5-2-10-25-17/h1-7,10,13,18H,8-9,11-12,14H2,(H,21,23)/b7-6+/t18-/m1/s1. The Labute approximate surface area is 146 Å². The average molecular weight is 344 g/mol. The van der Waals surface area contributed by atoms with Gasteiger partial charge < -0.3 is 14.5 Å². The minimum Gasteiger partial charge on any atom is -0.465 e. The van der Waals surface area contributed by atoms with Crippen LogP contribution in [0.25, 0.3) is 6.08 Å². The molecule has 1 saturated heterocycles. The van der Waals surface area contributed by atoms with Crippen molar-refractivity contribution in [3.63, 3.8) is 0 Å². The summed E-state index contributed by atoms with van der Waals surface area (Å²) in [6.45, 7) is 3.17. The summed E-state index contributed by atoms with van der Waals surface area (Å²) in [5.41, 5.74) is 0.845. The quantitative estimate of drug-likeness (QED) is 0.819. The fourth-order valence-corrected chi connectivity index (χ4v) is 2.86. The number of hydrogen-bond donors (Lipinski definition) is 1. The van der Waals surface area contributed by atoms with E-state index < -0.39 is 0 Å². The van der Waals surface area contributed by atoms with Crippen LogP contribution in [0.15, 0.2) is 53.2 Å². The Kier molecular flexibility index (Phi) is 5.98. The molecule has 132 valence electrons. The van der Waals surface area contributed by atoms with Crippen molar-refractivity contribution in [2.45, 2.75) is 6.04 Å². The fourth-order valence-electron chi connectivity index (χ4n) is 2.86. The van der Waals surface area contributed by atoms with Gasteiger partial charge in [0.15, 0.2) is 0 Å². The maximum Gasteiger partial charge on any atom is 0.244 e. The van der Waals surface area contributed by atoms with Gasteiger partial charge in [-0.15, -0.1) is 0 Å². The lowest BCUT2D eigenvalue weighted by Crippen LogP contribution is -2.43. The van der Waals surface area contributed by atoms with Crippen LogP contribution in [0.3, 0.4) is 0 Å². The van der Waals surface area contributed by atoms with Gasteiger partial charge in [-0.25, -0.2) is 4.39 Å². The second-order valence-electron chi connectivity index (χ2n) is 5.81. The van der Waals surface area contributed by atoms with Crippen molar-refractivity contribution < 1.29 is 18.3 Å². The van der Waals surface area contributed by atoms with Crippen LogP contribution < -0.4 is 5.32 Å². The van der Waals surface area contributed by atoms with Crippen LogP contribution in [-0.4, -0.2) is 43.7 Å². The molecule has 1 atom stereocenters. The molecule has 1 amide bonds. The van der Waals surface area contributed by atoms with Crippen molar-refractivity contribution in [3.8, 4) is 0 Å². The third-order valence-electron chi connectivity index (χ3n) is 4.13. The van der Waals surface area contributed by atoms with E-state index in [9.17, 15) is 9.18 Å². The van der Waals surface area contributed by atoms with Crippen LogP contribution in [-0.2, 0) is 9.53 Å². The van der Waals surface area contributed by atoms with Gasteiger partial charge in [-0.1, -0.05) is 12.1 Å². The Morgan fingerprint density at radius 1 is 1.28 bits per heavy atom. The van der Waals surface area contributed by atoms with Crippen LogP contribution >= 0.6 is 0 Å². The number of ether oxygens (including phenoxy) is 1.